The monoisotopic (exact) mass is 244 g/mol. The summed E-state index contributed by atoms with van der Waals surface area (Å²) < 4.78 is 6.57. The molecule has 0 aliphatic rings. The molecule has 0 saturated carbocycles. The first kappa shape index (κ1) is 10.5. The van der Waals surface area contributed by atoms with Crippen LogP contribution in [0.3, 0.4) is 0 Å². The van der Waals surface area contributed by atoms with E-state index in [9.17, 15) is 4.79 Å². The summed E-state index contributed by atoms with van der Waals surface area (Å²) >= 11 is 0. The van der Waals surface area contributed by atoms with Crippen LogP contribution in [0.2, 0.25) is 0 Å². The molecule has 0 bridgehead atoms. The van der Waals surface area contributed by atoms with Crippen molar-refractivity contribution in [2.45, 2.75) is 6.92 Å². The molecular formula is C11H8N4O3. The number of hydrogen-bond donors (Lipinski definition) is 1. The molecule has 3 rings (SSSR count). The fourth-order valence-electron chi connectivity index (χ4n) is 1.66. The average molecular weight is 244 g/mol. The van der Waals surface area contributed by atoms with E-state index in [2.05, 4.69) is 15.1 Å². The van der Waals surface area contributed by atoms with Gasteiger partial charge in [0.15, 0.2) is 5.76 Å². The van der Waals surface area contributed by atoms with Crippen LogP contribution >= 0.6 is 0 Å². The Morgan fingerprint density at radius 1 is 1.50 bits per heavy atom. The standard InChI is InChI=1S/C11H8N4O3/c1-6-7(10(16)17)5-12-11-13-9(14-15(6)11)8-3-2-4-18-8/h2-5H,1H3,(H,16,17). The first-order chi connectivity index (χ1) is 8.66. The van der Waals surface area contributed by atoms with E-state index in [0.29, 0.717) is 23.1 Å². The van der Waals surface area contributed by atoms with Crippen molar-refractivity contribution >= 4 is 11.7 Å². The molecule has 3 aromatic heterocycles. The largest absolute Gasteiger partial charge is 0.478 e. The molecule has 1 N–H and O–H groups in total. The van der Waals surface area contributed by atoms with Crippen molar-refractivity contribution in [1.29, 1.82) is 0 Å². The number of aromatic nitrogens is 4. The molecule has 0 spiro atoms. The lowest BCUT2D eigenvalue weighted by Crippen LogP contribution is -2.07. The van der Waals surface area contributed by atoms with Crippen molar-refractivity contribution in [3.05, 3.63) is 35.9 Å². The lowest BCUT2D eigenvalue weighted by molar-refractivity contribution is 0.0695. The molecule has 7 nitrogen and oxygen atoms in total. The van der Waals surface area contributed by atoms with Crippen molar-refractivity contribution < 1.29 is 14.3 Å². The zero-order chi connectivity index (χ0) is 12.7. The molecule has 0 fully saturated rings. The van der Waals surface area contributed by atoms with Gasteiger partial charge in [0.05, 0.1) is 17.5 Å². The number of aryl methyl sites for hydroxylation is 1. The normalized spacial score (nSPS) is 10.9. The topological polar surface area (TPSA) is 93.5 Å². The van der Waals surface area contributed by atoms with Gasteiger partial charge in [-0.3, -0.25) is 0 Å². The van der Waals surface area contributed by atoms with Crippen LogP contribution in [0.15, 0.2) is 29.0 Å². The zero-order valence-corrected chi connectivity index (χ0v) is 9.36. The number of aromatic carboxylic acids is 1. The minimum absolute atomic E-state index is 0.0957. The number of fused-ring (bicyclic) bond motifs is 1. The Labute approximate surface area is 101 Å². The highest BCUT2D eigenvalue weighted by atomic mass is 16.4. The summed E-state index contributed by atoms with van der Waals surface area (Å²) in [5.41, 5.74) is 0.566. The molecule has 0 saturated heterocycles. The lowest BCUT2D eigenvalue weighted by Gasteiger charge is -2.00. The van der Waals surface area contributed by atoms with Crippen molar-refractivity contribution in [3.8, 4) is 11.6 Å². The minimum Gasteiger partial charge on any atom is -0.478 e. The van der Waals surface area contributed by atoms with E-state index in [1.807, 2.05) is 0 Å². The van der Waals surface area contributed by atoms with Crippen LogP contribution in [-0.2, 0) is 0 Å². The average Bonchev–Trinajstić information content (AvgIpc) is 2.97. The summed E-state index contributed by atoms with van der Waals surface area (Å²) in [6.07, 6.45) is 2.79. The molecule has 0 radical (unpaired) electrons. The van der Waals surface area contributed by atoms with Gasteiger partial charge in [0, 0.05) is 6.20 Å². The summed E-state index contributed by atoms with van der Waals surface area (Å²) in [7, 11) is 0. The van der Waals surface area contributed by atoms with Crippen LogP contribution in [-0.4, -0.2) is 30.7 Å². The Morgan fingerprint density at radius 3 is 3.00 bits per heavy atom. The third-order valence-electron chi connectivity index (χ3n) is 2.58. The van der Waals surface area contributed by atoms with Gasteiger partial charge in [-0.15, -0.1) is 5.10 Å². The molecule has 0 atom stereocenters. The fourth-order valence-corrected chi connectivity index (χ4v) is 1.66. The van der Waals surface area contributed by atoms with E-state index in [0.717, 1.165) is 0 Å². The number of rotatable bonds is 2. The van der Waals surface area contributed by atoms with Gasteiger partial charge in [-0.2, -0.15) is 4.98 Å². The highest BCUT2D eigenvalue weighted by Crippen LogP contribution is 2.17. The minimum atomic E-state index is -1.04. The van der Waals surface area contributed by atoms with Crippen LogP contribution in [0.5, 0.6) is 0 Å². The highest BCUT2D eigenvalue weighted by Gasteiger charge is 2.15. The Hall–Kier alpha value is -2.70. The van der Waals surface area contributed by atoms with E-state index in [4.69, 9.17) is 9.52 Å². The number of carbonyl (C=O) groups is 1. The van der Waals surface area contributed by atoms with Crippen LogP contribution in [0.1, 0.15) is 16.1 Å². The van der Waals surface area contributed by atoms with Crippen LogP contribution in [0.25, 0.3) is 17.4 Å². The SMILES string of the molecule is Cc1c(C(=O)O)cnc2nc(-c3ccco3)nn12. The maximum atomic E-state index is 11.0. The molecule has 90 valence electrons. The quantitative estimate of drug-likeness (QED) is 0.732. The number of furan rings is 1. The van der Waals surface area contributed by atoms with Gasteiger partial charge in [0.1, 0.15) is 0 Å². The van der Waals surface area contributed by atoms with Gasteiger partial charge in [0.2, 0.25) is 5.82 Å². The maximum Gasteiger partial charge on any atom is 0.339 e. The molecule has 3 aromatic rings. The van der Waals surface area contributed by atoms with Gasteiger partial charge in [-0.1, -0.05) is 0 Å². The van der Waals surface area contributed by atoms with E-state index in [1.165, 1.54) is 17.0 Å². The lowest BCUT2D eigenvalue weighted by atomic mass is 10.2. The van der Waals surface area contributed by atoms with Gasteiger partial charge < -0.3 is 9.52 Å². The van der Waals surface area contributed by atoms with E-state index in [1.54, 1.807) is 19.1 Å². The molecular weight excluding hydrogens is 236 g/mol. The number of nitrogens with zero attached hydrogens (tertiary/aromatic N) is 4. The highest BCUT2D eigenvalue weighted by molar-refractivity contribution is 5.88. The maximum absolute atomic E-state index is 11.0. The number of hydrogen-bond acceptors (Lipinski definition) is 5. The molecule has 0 aliphatic carbocycles. The summed E-state index contributed by atoms with van der Waals surface area (Å²) in [6.45, 7) is 1.65. The van der Waals surface area contributed by atoms with E-state index >= 15 is 0 Å². The predicted molar refractivity (Wildman–Crippen MR) is 60.2 cm³/mol. The van der Waals surface area contributed by atoms with Gasteiger partial charge >= 0.3 is 5.97 Å². The molecule has 18 heavy (non-hydrogen) atoms. The predicted octanol–water partition coefficient (Wildman–Crippen LogP) is 1.39. The van der Waals surface area contributed by atoms with Gasteiger partial charge in [-0.25, -0.2) is 14.3 Å². The van der Waals surface area contributed by atoms with Gasteiger partial charge in [-0.05, 0) is 19.1 Å². The molecule has 0 aromatic carbocycles. The number of carboxylic acid groups (broad SMARTS) is 1. The third-order valence-corrected chi connectivity index (χ3v) is 2.58. The Kier molecular flexibility index (Phi) is 2.12. The molecule has 3 heterocycles. The second-order valence-corrected chi connectivity index (χ2v) is 3.69. The van der Waals surface area contributed by atoms with Crippen LogP contribution < -0.4 is 0 Å². The van der Waals surface area contributed by atoms with E-state index < -0.39 is 5.97 Å². The Bertz CT molecular complexity index is 730. The second-order valence-electron chi connectivity index (χ2n) is 3.69. The van der Waals surface area contributed by atoms with Crippen molar-refractivity contribution in [2.24, 2.45) is 0 Å². The summed E-state index contributed by atoms with van der Waals surface area (Å²) in [4.78, 5) is 19.1. The summed E-state index contributed by atoms with van der Waals surface area (Å²) in [5, 5.41) is 13.2. The van der Waals surface area contributed by atoms with Crippen LogP contribution in [0.4, 0.5) is 0 Å². The first-order valence-corrected chi connectivity index (χ1v) is 5.16. The van der Waals surface area contributed by atoms with E-state index in [-0.39, 0.29) is 5.56 Å². The molecule has 0 aliphatic heterocycles. The summed E-state index contributed by atoms with van der Waals surface area (Å²) in [5.74, 6) is 0.177. The fraction of sp³-hybridized carbons (Fsp3) is 0.0909. The third kappa shape index (κ3) is 1.45. The van der Waals surface area contributed by atoms with Crippen molar-refractivity contribution in [2.75, 3.05) is 0 Å². The smallest absolute Gasteiger partial charge is 0.339 e. The number of carboxylic acids is 1. The van der Waals surface area contributed by atoms with Crippen molar-refractivity contribution in [3.63, 3.8) is 0 Å². The first-order valence-electron chi connectivity index (χ1n) is 5.16. The van der Waals surface area contributed by atoms with Crippen molar-refractivity contribution in [1.82, 2.24) is 19.6 Å². The van der Waals surface area contributed by atoms with Crippen LogP contribution in [0, 0.1) is 6.92 Å². The second kappa shape index (κ2) is 3.66. The molecule has 7 heteroatoms. The zero-order valence-electron chi connectivity index (χ0n) is 9.36. The molecule has 0 unspecified atom stereocenters. The Balaban J connectivity index is 2.24. The Morgan fingerprint density at radius 2 is 2.33 bits per heavy atom. The van der Waals surface area contributed by atoms with Gasteiger partial charge in [0.25, 0.3) is 5.78 Å². The summed E-state index contributed by atoms with van der Waals surface area (Å²) in [6, 6.07) is 3.45. The molecule has 0 amide bonds.